The van der Waals surface area contributed by atoms with Crippen LogP contribution in [0.5, 0.6) is 5.75 Å². The Balaban J connectivity index is 1.88. The minimum Gasteiger partial charge on any atom is -0.497 e. The number of nitrogens with one attached hydrogen (secondary N) is 1. The van der Waals surface area contributed by atoms with Crippen LogP contribution in [-0.2, 0) is 0 Å². The number of carbonyl (C=O) groups is 1. The fourth-order valence-corrected chi connectivity index (χ4v) is 3.02. The summed E-state index contributed by atoms with van der Waals surface area (Å²) in [5.41, 5.74) is 1.25. The zero-order valence-corrected chi connectivity index (χ0v) is 12.7. The lowest BCUT2D eigenvalue weighted by molar-refractivity contribution is 0.102. The summed E-state index contributed by atoms with van der Waals surface area (Å²) in [6.07, 6.45) is 1.45. The van der Waals surface area contributed by atoms with Crippen molar-refractivity contribution in [2.45, 2.75) is 0 Å². The lowest BCUT2D eigenvalue weighted by Crippen LogP contribution is -2.11. The molecule has 102 valence electrons. The van der Waals surface area contributed by atoms with Crippen molar-refractivity contribution in [2.24, 2.45) is 0 Å². The first-order valence-electron chi connectivity index (χ1n) is 5.66. The zero-order valence-electron chi connectivity index (χ0n) is 10.3. The topological polar surface area (TPSA) is 64.4 Å². The summed E-state index contributed by atoms with van der Waals surface area (Å²) in [6, 6.07) is 7.17. The van der Waals surface area contributed by atoms with Crippen molar-refractivity contribution >= 4 is 48.5 Å². The minimum absolute atomic E-state index is 0.267. The predicted octanol–water partition coefficient (Wildman–Crippen LogP) is 3.91. The number of rotatable bonds is 3. The smallest absolute Gasteiger partial charge is 0.261 e. The summed E-state index contributed by atoms with van der Waals surface area (Å²) in [4.78, 5) is 16.4. The maximum atomic E-state index is 12.0. The summed E-state index contributed by atoms with van der Waals surface area (Å²) in [6.45, 7) is 0. The van der Waals surface area contributed by atoms with Crippen LogP contribution >= 0.6 is 27.3 Å². The Kier molecular flexibility index (Phi) is 3.45. The van der Waals surface area contributed by atoms with Gasteiger partial charge in [0.2, 0.25) is 0 Å². The number of methoxy groups -OCH3 is 1. The van der Waals surface area contributed by atoms with Gasteiger partial charge in [0.05, 0.1) is 29.2 Å². The highest BCUT2D eigenvalue weighted by atomic mass is 79.9. The van der Waals surface area contributed by atoms with Crippen molar-refractivity contribution in [2.75, 3.05) is 12.4 Å². The van der Waals surface area contributed by atoms with E-state index in [-0.39, 0.29) is 5.91 Å². The second kappa shape index (κ2) is 5.26. The number of amides is 1. The number of ether oxygens (including phenoxy) is 1. The van der Waals surface area contributed by atoms with Gasteiger partial charge in [-0.2, -0.15) is 0 Å². The first kappa shape index (κ1) is 13.1. The Morgan fingerprint density at radius 1 is 1.45 bits per heavy atom. The van der Waals surface area contributed by atoms with Crippen LogP contribution in [0.1, 0.15) is 10.4 Å². The van der Waals surface area contributed by atoms with E-state index >= 15 is 0 Å². The number of fused-ring (bicyclic) bond motifs is 1. The number of anilines is 1. The van der Waals surface area contributed by atoms with E-state index in [0.29, 0.717) is 15.4 Å². The van der Waals surface area contributed by atoms with Crippen LogP contribution < -0.4 is 10.1 Å². The number of halogens is 1. The standard InChI is InChI=1S/C13H9BrN2O3S/c1-18-7-2-3-9-10(6-7)20-13(15-9)16-12(17)8-4-5-19-11(8)14/h2-6H,1H3,(H,15,16,17). The lowest BCUT2D eigenvalue weighted by atomic mass is 10.3. The molecule has 2 aromatic heterocycles. The highest BCUT2D eigenvalue weighted by molar-refractivity contribution is 9.10. The Hall–Kier alpha value is -1.86. The Morgan fingerprint density at radius 2 is 2.30 bits per heavy atom. The fraction of sp³-hybridized carbons (Fsp3) is 0.0769. The van der Waals surface area contributed by atoms with Crippen molar-refractivity contribution in [3.05, 3.63) is 40.8 Å². The molecule has 2 heterocycles. The number of nitrogens with zero attached hydrogens (tertiary/aromatic N) is 1. The number of furan rings is 1. The van der Waals surface area contributed by atoms with Crippen LogP contribution in [0.25, 0.3) is 10.2 Å². The molecule has 1 aromatic carbocycles. The number of thiazole rings is 1. The molecule has 0 saturated carbocycles. The second-order valence-electron chi connectivity index (χ2n) is 3.91. The monoisotopic (exact) mass is 352 g/mol. The van der Waals surface area contributed by atoms with Gasteiger partial charge in [-0.1, -0.05) is 11.3 Å². The van der Waals surface area contributed by atoms with E-state index in [9.17, 15) is 4.79 Å². The van der Waals surface area contributed by atoms with Crippen molar-refractivity contribution in [3.63, 3.8) is 0 Å². The van der Waals surface area contributed by atoms with Crippen LogP contribution in [0, 0.1) is 0 Å². The van der Waals surface area contributed by atoms with Crippen LogP contribution in [0.4, 0.5) is 5.13 Å². The van der Waals surface area contributed by atoms with Crippen molar-refractivity contribution in [1.29, 1.82) is 0 Å². The molecular weight excluding hydrogens is 344 g/mol. The maximum Gasteiger partial charge on any atom is 0.261 e. The first-order chi connectivity index (χ1) is 9.67. The molecule has 0 aliphatic carbocycles. The van der Waals surface area contributed by atoms with E-state index in [4.69, 9.17) is 9.15 Å². The number of carbonyl (C=O) groups excluding carboxylic acids is 1. The molecule has 0 spiro atoms. The van der Waals surface area contributed by atoms with E-state index in [0.717, 1.165) is 16.0 Å². The third kappa shape index (κ3) is 2.41. The summed E-state index contributed by atoms with van der Waals surface area (Å²) >= 11 is 4.56. The molecule has 1 N–H and O–H groups in total. The normalized spacial score (nSPS) is 10.7. The van der Waals surface area contributed by atoms with Gasteiger partial charge in [0.1, 0.15) is 5.75 Å². The van der Waals surface area contributed by atoms with Gasteiger partial charge in [0, 0.05) is 0 Å². The molecule has 5 nitrogen and oxygen atoms in total. The average molecular weight is 353 g/mol. The van der Waals surface area contributed by atoms with E-state index in [1.807, 2.05) is 18.2 Å². The lowest BCUT2D eigenvalue weighted by Gasteiger charge is -1.98. The predicted molar refractivity (Wildman–Crippen MR) is 80.5 cm³/mol. The largest absolute Gasteiger partial charge is 0.497 e. The van der Waals surface area contributed by atoms with E-state index < -0.39 is 0 Å². The van der Waals surface area contributed by atoms with E-state index in [1.165, 1.54) is 17.6 Å². The average Bonchev–Trinajstić information content (AvgIpc) is 3.03. The quantitative estimate of drug-likeness (QED) is 0.775. The van der Waals surface area contributed by atoms with Gasteiger partial charge in [0.25, 0.3) is 5.91 Å². The summed E-state index contributed by atoms with van der Waals surface area (Å²) in [5.74, 6) is 0.494. The molecule has 0 atom stereocenters. The Morgan fingerprint density at radius 3 is 3.00 bits per heavy atom. The molecule has 0 fully saturated rings. The molecule has 3 rings (SSSR count). The van der Waals surface area contributed by atoms with Crippen molar-refractivity contribution < 1.29 is 13.9 Å². The highest BCUT2D eigenvalue weighted by Gasteiger charge is 2.15. The third-order valence-corrected chi connectivity index (χ3v) is 4.23. The van der Waals surface area contributed by atoms with Crippen LogP contribution in [0.3, 0.4) is 0 Å². The molecular formula is C13H9BrN2O3S. The molecule has 7 heteroatoms. The minimum atomic E-state index is -0.267. The molecule has 0 aliphatic heterocycles. The number of hydrogen-bond acceptors (Lipinski definition) is 5. The van der Waals surface area contributed by atoms with E-state index in [1.54, 1.807) is 13.2 Å². The molecule has 0 saturated heterocycles. The Bertz CT molecular complexity index is 781. The molecule has 0 bridgehead atoms. The van der Waals surface area contributed by atoms with Gasteiger partial charge in [0.15, 0.2) is 9.80 Å². The van der Waals surface area contributed by atoms with Gasteiger partial charge in [-0.05, 0) is 40.2 Å². The summed E-state index contributed by atoms with van der Waals surface area (Å²) < 4.78 is 11.5. The first-order valence-corrected chi connectivity index (χ1v) is 7.27. The molecule has 20 heavy (non-hydrogen) atoms. The van der Waals surface area contributed by atoms with Crippen LogP contribution in [-0.4, -0.2) is 18.0 Å². The summed E-state index contributed by atoms with van der Waals surface area (Å²) in [7, 11) is 1.61. The molecule has 0 radical (unpaired) electrons. The van der Waals surface area contributed by atoms with Crippen LogP contribution in [0.15, 0.2) is 39.6 Å². The SMILES string of the molecule is COc1ccc2nc(NC(=O)c3ccoc3Br)sc2c1. The van der Waals surface area contributed by atoms with Crippen molar-refractivity contribution in [1.82, 2.24) is 4.98 Å². The Labute approximate surface area is 126 Å². The maximum absolute atomic E-state index is 12.0. The van der Waals surface area contributed by atoms with Gasteiger partial charge < -0.3 is 9.15 Å². The molecule has 0 aliphatic rings. The molecule has 0 unspecified atom stereocenters. The second-order valence-corrected chi connectivity index (χ2v) is 5.67. The molecule has 3 aromatic rings. The summed E-state index contributed by atoms with van der Waals surface area (Å²) in [5, 5.41) is 3.28. The molecule has 1 amide bonds. The fourth-order valence-electron chi connectivity index (χ4n) is 1.71. The van der Waals surface area contributed by atoms with E-state index in [2.05, 4.69) is 26.2 Å². The van der Waals surface area contributed by atoms with Gasteiger partial charge in [-0.25, -0.2) is 4.98 Å². The number of aromatic nitrogens is 1. The van der Waals surface area contributed by atoms with Crippen LogP contribution in [0.2, 0.25) is 0 Å². The van der Waals surface area contributed by atoms with Gasteiger partial charge in [-0.15, -0.1) is 0 Å². The third-order valence-electron chi connectivity index (χ3n) is 2.68. The zero-order chi connectivity index (χ0) is 14.1. The van der Waals surface area contributed by atoms with Crippen molar-refractivity contribution in [3.8, 4) is 5.75 Å². The highest BCUT2D eigenvalue weighted by Crippen LogP contribution is 2.29. The van der Waals surface area contributed by atoms with Gasteiger partial charge >= 0.3 is 0 Å². The number of benzene rings is 1. The number of hydrogen-bond donors (Lipinski definition) is 1. The van der Waals surface area contributed by atoms with Gasteiger partial charge in [-0.3, -0.25) is 10.1 Å².